The fourth-order valence-corrected chi connectivity index (χ4v) is 3.43. The van der Waals surface area contributed by atoms with Crippen molar-refractivity contribution in [3.63, 3.8) is 0 Å². The molecule has 3 aromatic rings. The summed E-state index contributed by atoms with van der Waals surface area (Å²) in [6, 6.07) is 21.1. The second-order valence-corrected chi connectivity index (χ2v) is 6.39. The lowest BCUT2D eigenvalue weighted by atomic mass is 10.1. The van der Waals surface area contributed by atoms with Crippen LogP contribution in [0, 0.1) is 6.92 Å². The van der Waals surface area contributed by atoms with Gasteiger partial charge in [0.2, 0.25) is 0 Å². The van der Waals surface area contributed by atoms with Gasteiger partial charge < -0.3 is 5.11 Å². The quantitative estimate of drug-likeness (QED) is 0.732. The fourth-order valence-electron chi connectivity index (χ4n) is 2.40. The summed E-state index contributed by atoms with van der Waals surface area (Å²) in [5.74, 6) is 0. The molecule has 0 saturated heterocycles. The van der Waals surface area contributed by atoms with Gasteiger partial charge in [-0.15, -0.1) is 11.3 Å². The summed E-state index contributed by atoms with van der Waals surface area (Å²) in [5, 5.41) is 9.10. The second kappa shape index (κ2) is 6.25. The lowest BCUT2D eigenvalue weighted by Crippen LogP contribution is -1.87. The molecule has 0 unspecified atom stereocenters. The van der Waals surface area contributed by atoms with Crippen LogP contribution in [-0.4, -0.2) is 5.11 Å². The van der Waals surface area contributed by atoms with Crippen LogP contribution in [0.3, 0.4) is 0 Å². The van der Waals surface area contributed by atoms with Gasteiger partial charge in [0.05, 0.1) is 6.61 Å². The molecule has 0 aliphatic rings. The highest BCUT2D eigenvalue weighted by molar-refractivity contribution is 7.15. The molecule has 1 nitrogen and oxygen atoms in total. The monoisotopic (exact) mass is 294 g/mol. The molecule has 0 aliphatic heterocycles. The maximum absolute atomic E-state index is 9.10. The molecule has 0 aliphatic carbocycles. The lowest BCUT2D eigenvalue weighted by Gasteiger charge is -2.03. The minimum atomic E-state index is 0.100. The molecule has 0 spiro atoms. The first-order valence-electron chi connectivity index (χ1n) is 7.09. The van der Waals surface area contributed by atoms with E-state index in [2.05, 4.69) is 55.5 Å². The standard InChI is InChI=1S/C19H18OS/c1-14-4-2-3-5-17(14)12-18-10-11-19(21-18)16-8-6-15(13-20)7-9-16/h2-11,20H,12-13H2,1H3. The van der Waals surface area contributed by atoms with Crippen LogP contribution in [0.25, 0.3) is 10.4 Å². The molecule has 0 bridgehead atoms. The normalized spacial score (nSPS) is 10.8. The maximum Gasteiger partial charge on any atom is 0.0681 e. The first-order chi connectivity index (χ1) is 10.3. The molecule has 1 heterocycles. The number of rotatable bonds is 4. The van der Waals surface area contributed by atoms with Crippen molar-refractivity contribution in [3.8, 4) is 10.4 Å². The van der Waals surface area contributed by atoms with E-state index >= 15 is 0 Å². The van der Waals surface area contributed by atoms with Gasteiger partial charge in [-0.25, -0.2) is 0 Å². The van der Waals surface area contributed by atoms with Gasteiger partial charge in [0.25, 0.3) is 0 Å². The number of hydrogen-bond donors (Lipinski definition) is 1. The van der Waals surface area contributed by atoms with Crippen molar-refractivity contribution in [2.75, 3.05) is 0 Å². The predicted molar refractivity (Wildman–Crippen MR) is 89.7 cm³/mol. The third-order valence-electron chi connectivity index (χ3n) is 3.71. The summed E-state index contributed by atoms with van der Waals surface area (Å²) in [4.78, 5) is 2.66. The Labute approximate surface area is 129 Å². The Morgan fingerprint density at radius 3 is 2.38 bits per heavy atom. The molecule has 2 aromatic carbocycles. The fraction of sp³-hybridized carbons (Fsp3) is 0.158. The highest BCUT2D eigenvalue weighted by Crippen LogP contribution is 2.30. The zero-order chi connectivity index (χ0) is 14.7. The largest absolute Gasteiger partial charge is 0.392 e. The van der Waals surface area contributed by atoms with Crippen LogP contribution >= 0.6 is 11.3 Å². The van der Waals surface area contributed by atoms with Crippen LogP contribution in [-0.2, 0) is 13.0 Å². The van der Waals surface area contributed by atoms with Crippen molar-refractivity contribution in [2.24, 2.45) is 0 Å². The Morgan fingerprint density at radius 1 is 0.905 bits per heavy atom. The lowest BCUT2D eigenvalue weighted by molar-refractivity contribution is 0.282. The SMILES string of the molecule is Cc1ccccc1Cc1ccc(-c2ccc(CO)cc2)s1. The molecule has 0 radical (unpaired) electrons. The minimum Gasteiger partial charge on any atom is -0.392 e. The smallest absolute Gasteiger partial charge is 0.0681 e. The molecular formula is C19H18OS. The van der Waals surface area contributed by atoms with Gasteiger partial charge in [-0.05, 0) is 41.3 Å². The van der Waals surface area contributed by atoms with E-state index in [-0.39, 0.29) is 6.61 Å². The number of aliphatic hydroxyl groups excluding tert-OH is 1. The average Bonchev–Trinajstić information content (AvgIpc) is 2.98. The summed E-state index contributed by atoms with van der Waals surface area (Å²) in [6.45, 7) is 2.26. The summed E-state index contributed by atoms with van der Waals surface area (Å²) in [7, 11) is 0. The number of thiophene rings is 1. The third-order valence-corrected chi connectivity index (χ3v) is 4.84. The molecule has 106 valence electrons. The Balaban J connectivity index is 1.81. The highest BCUT2D eigenvalue weighted by atomic mass is 32.1. The molecular weight excluding hydrogens is 276 g/mol. The van der Waals surface area contributed by atoms with Crippen LogP contribution in [0.1, 0.15) is 21.6 Å². The van der Waals surface area contributed by atoms with Gasteiger partial charge in [0, 0.05) is 16.2 Å². The summed E-state index contributed by atoms with van der Waals surface area (Å²) in [6.07, 6.45) is 0.992. The summed E-state index contributed by atoms with van der Waals surface area (Å²) < 4.78 is 0. The van der Waals surface area contributed by atoms with E-state index in [1.54, 1.807) is 0 Å². The van der Waals surface area contributed by atoms with Crippen LogP contribution < -0.4 is 0 Å². The highest BCUT2D eigenvalue weighted by Gasteiger charge is 2.05. The predicted octanol–water partition coefficient (Wildman–Crippen LogP) is 4.81. The number of aryl methyl sites for hydroxylation is 1. The molecule has 0 fully saturated rings. The van der Waals surface area contributed by atoms with Crippen molar-refractivity contribution in [1.29, 1.82) is 0 Å². The van der Waals surface area contributed by atoms with E-state index in [4.69, 9.17) is 5.11 Å². The Kier molecular flexibility index (Phi) is 4.18. The number of benzene rings is 2. The zero-order valence-corrected chi connectivity index (χ0v) is 12.9. The molecule has 3 rings (SSSR count). The Morgan fingerprint density at radius 2 is 1.67 bits per heavy atom. The van der Waals surface area contributed by atoms with Crippen molar-refractivity contribution in [2.45, 2.75) is 20.0 Å². The topological polar surface area (TPSA) is 20.2 Å². The third kappa shape index (κ3) is 3.23. The van der Waals surface area contributed by atoms with Gasteiger partial charge in [-0.3, -0.25) is 0 Å². The van der Waals surface area contributed by atoms with E-state index < -0.39 is 0 Å². The van der Waals surface area contributed by atoms with Crippen molar-refractivity contribution in [1.82, 2.24) is 0 Å². The Hall–Kier alpha value is -1.90. The van der Waals surface area contributed by atoms with Crippen LogP contribution in [0.2, 0.25) is 0 Å². The van der Waals surface area contributed by atoms with E-state index in [1.165, 1.54) is 26.4 Å². The second-order valence-electron chi connectivity index (χ2n) is 5.22. The van der Waals surface area contributed by atoms with E-state index in [1.807, 2.05) is 23.5 Å². The number of aliphatic hydroxyl groups is 1. The average molecular weight is 294 g/mol. The summed E-state index contributed by atoms with van der Waals surface area (Å²) >= 11 is 1.84. The zero-order valence-electron chi connectivity index (χ0n) is 12.0. The summed E-state index contributed by atoms with van der Waals surface area (Å²) in [5.41, 5.74) is 4.91. The first kappa shape index (κ1) is 14.1. The van der Waals surface area contributed by atoms with Gasteiger partial charge in [-0.1, -0.05) is 48.5 Å². The van der Waals surface area contributed by atoms with Crippen molar-refractivity contribution < 1.29 is 5.11 Å². The van der Waals surface area contributed by atoms with E-state index in [9.17, 15) is 0 Å². The van der Waals surface area contributed by atoms with Crippen LogP contribution in [0.5, 0.6) is 0 Å². The molecule has 0 saturated carbocycles. The molecule has 2 heteroatoms. The minimum absolute atomic E-state index is 0.100. The van der Waals surface area contributed by atoms with E-state index in [0.29, 0.717) is 0 Å². The van der Waals surface area contributed by atoms with Gasteiger partial charge in [-0.2, -0.15) is 0 Å². The van der Waals surface area contributed by atoms with Crippen LogP contribution in [0.4, 0.5) is 0 Å². The van der Waals surface area contributed by atoms with Gasteiger partial charge in [0.15, 0.2) is 0 Å². The van der Waals surface area contributed by atoms with Crippen molar-refractivity contribution >= 4 is 11.3 Å². The van der Waals surface area contributed by atoms with E-state index in [0.717, 1.165) is 12.0 Å². The molecule has 1 N–H and O–H groups in total. The molecule has 21 heavy (non-hydrogen) atoms. The Bertz CT molecular complexity index is 725. The van der Waals surface area contributed by atoms with Crippen molar-refractivity contribution in [3.05, 3.63) is 82.2 Å². The number of hydrogen-bond acceptors (Lipinski definition) is 2. The van der Waals surface area contributed by atoms with Gasteiger partial charge in [0.1, 0.15) is 0 Å². The maximum atomic E-state index is 9.10. The van der Waals surface area contributed by atoms with Gasteiger partial charge >= 0.3 is 0 Å². The molecule has 0 atom stereocenters. The molecule has 0 amide bonds. The first-order valence-corrected chi connectivity index (χ1v) is 7.91. The van der Waals surface area contributed by atoms with Crippen LogP contribution in [0.15, 0.2) is 60.7 Å². The molecule has 1 aromatic heterocycles.